The van der Waals surface area contributed by atoms with Crippen LogP contribution in [0.4, 0.5) is 5.95 Å². The largest absolute Gasteiger partial charge is 0.495 e. The molecule has 2 atom stereocenters. The third-order valence-corrected chi connectivity index (χ3v) is 9.86. The number of ether oxygens (including phenoxy) is 3. The minimum absolute atomic E-state index is 0.0274. The van der Waals surface area contributed by atoms with Crippen LogP contribution in [0, 0.1) is 0 Å². The molecule has 2 N–H and O–H groups in total. The number of carbonyl (C=O) groups is 2. The summed E-state index contributed by atoms with van der Waals surface area (Å²) in [5.41, 5.74) is 3.29. The van der Waals surface area contributed by atoms with E-state index in [4.69, 9.17) is 47.4 Å². The maximum atomic E-state index is 12.1. The number of piperazine rings is 1. The van der Waals surface area contributed by atoms with Gasteiger partial charge in [0, 0.05) is 67.8 Å². The van der Waals surface area contributed by atoms with Crippen LogP contribution in [-0.4, -0.2) is 113 Å². The average Bonchev–Trinajstić information content (AvgIpc) is 3.57. The molecule has 2 amide bonds. The Hall–Kier alpha value is -4.43. The molecule has 2 saturated heterocycles. The zero-order valence-corrected chi connectivity index (χ0v) is 29.6. The summed E-state index contributed by atoms with van der Waals surface area (Å²) in [7, 11) is 3.07. The van der Waals surface area contributed by atoms with Gasteiger partial charge >= 0.3 is 0 Å². The van der Waals surface area contributed by atoms with E-state index in [1.165, 1.54) is 26.4 Å². The number of amides is 2. The van der Waals surface area contributed by atoms with Gasteiger partial charge in [-0.05, 0) is 44.0 Å². The minimum Gasteiger partial charge on any atom is -0.495 e. The van der Waals surface area contributed by atoms with Gasteiger partial charge in [-0.1, -0.05) is 36.4 Å². The van der Waals surface area contributed by atoms with Crippen LogP contribution >= 0.6 is 23.2 Å². The fourth-order valence-corrected chi connectivity index (χ4v) is 7.14. The summed E-state index contributed by atoms with van der Waals surface area (Å²) >= 11 is 13.8. The lowest BCUT2D eigenvalue weighted by Crippen LogP contribution is -2.52. The van der Waals surface area contributed by atoms with Gasteiger partial charge < -0.3 is 29.7 Å². The van der Waals surface area contributed by atoms with E-state index in [2.05, 4.69) is 33.7 Å². The number of nitrogens with one attached hydrogen (secondary N) is 2. The van der Waals surface area contributed by atoms with E-state index in [9.17, 15) is 9.59 Å². The molecular formula is C35H40Cl2N8O5. The second-order valence-electron chi connectivity index (χ2n) is 12.1. The van der Waals surface area contributed by atoms with E-state index < -0.39 is 0 Å². The second kappa shape index (κ2) is 15.6. The van der Waals surface area contributed by atoms with Gasteiger partial charge in [0.1, 0.15) is 17.1 Å². The van der Waals surface area contributed by atoms with Crippen LogP contribution in [0.15, 0.2) is 49.8 Å². The molecule has 6 rings (SSSR count). The van der Waals surface area contributed by atoms with Crippen molar-refractivity contribution in [2.45, 2.75) is 31.3 Å². The molecule has 0 bridgehead atoms. The van der Waals surface area contributed by atoms with Crippen molar-refractivity contribution < 1.29 is 23.8 Å². The Bertz CT molecular complexity index is 1900. The number of hydrogen-bond donors (Lipinski definition) is 2. The zero-order valence-electron chi connectivity index (χ0n) is 28.1. The fraction of sp³-hybridized carbons (Fsp3) is 0.400. The van der Waals surface area contributed by atoms with Gasteiger partial charge in [-0.25, -0.2) is 9.97 Å². The first-order valence-corrected chi connectivity index (χ1v) is 17.2. The van der Waals surface area contributed by atoms with Gasteiger partial charge in [0.15, 0.2) is 5.65 Å². The lowest BCUT2D eigenvalue weighted by atomic mass is 10.0. The first-order valence-electron chi connectivity index (χ1n) is 16.4. The number of halogens is 2. The van der Waals surface area contributed by atoms with Crippen LogP contribution in [0.1, 0.15) is 18.5 Å². The Labute approximate surface area is 300 Å². The number of methoxy groups -OCH3 is 2. The molecule has 264 valence electrons. The predicted molar refractivity (Wildman–Crippen MR) is 193 cm³/mol. The van der Waals surface area contributed by atoms with Crippen LogP contribution in [0.25, 0.3) is 27.8 Å². The summed E-state index contributed by atoms with van der Waals surface area (Å²) in [6, 6.07) is 3.13. The number of benzene rings is 1. The maximum Gasteiger partial charge on any atom is 0.246 e. The van der Waals surface area contributed by atoms with Crippen molar-refractivity contribution in [1.29, 1.82) is 0 Å². The van der Waals surface area contributed by atoms with E-state index in [0.717, 1.165) is 37.1 Å². The number of fused-ring (bicyclic) bond motifs is 3. The average molecular weight is 724 g/mol. The molecule has 15 heteroatoms. The highest BCUT2D eigenvalue weighted by Crippen LogP contribution is 2.47. The minimum atomic E-state index is -0.284. The van der Waals surface area contributed by atoms with E-state index in [1.807, 2.05) is 21.6 Å². The molecule has 0 radical (unpaired) electrons. The Morgan fingerprint density at radius 3 is 2.44 bits per heavy atom. The molecule has 2 fully saturated rings. The third-order valence-electron chi connectivity index (χ3n) is 9.11. The van der Waals surface area contributed by atoms with Crippen LogP contribution in [0.3, 0.4) is 0 Å². The topological polar surface area (TPSA) is 135 Å². The van der Waals surface area contributed by atoms with E-state index >= 15 is 0 Å². The molecule has 50 heavy (non-hydrogen) atoms. The number of carbonyl (C=O) groups excluding carboxylic acids is 2. The van der Waals surface area contributed by atoms with E-state index in [-0.39, 0.29) is 23.9 Å². The van der Waals surface area contributed by atoms with Crippen LogP contribution in [-0.2, 0) is 20.7 Å². The number of anilines is 1. The molecule has 5 heterocycles. The third kappa shape index (κ3) is 7.36. The smallest absolute Gasteiger partial charge is 0.246 e. The number of aryl methyl sites for hydroxylation is 1. The lowest BCUT2D eigenvalue weighted by molar-refractivity contribution is -0.127. The van der Waals surface area contributed by atoms with Gasteiger partial charge in [0.2, 0.25) is 17.8 Å². The first-order chi connectivity index (χ1) is 24.2. The number of aromatic nitrogens is 4. The molecule has 13 nitrogen and oxygen atoms in total. The zero-order chi connectivity index (χ0) is 35.4. The number of hydrogen-bond acceptors (Lipinski definition) is 10. The van der Waals surface area contributed by atoms with E-state index in [1.54, 1.807) is 12.3 Å². The standard InChI is InChI=1S/C35H40Cl2N8O5/c1-5-28(46)40-25-20-50-15-9-24(25)41-35-38-18-21-16-23(30-31(36)26(48-3)17-27(49-4)32(30)37)34-39-22(19-45(34)33(21)42-35)8-7-10-43-11-13-44(14-12-43)29(47)6-2/h5-6,16-19,24-25H,1-2,7-15,20H2,3-4H3,(H,40,46)(H,38,41,42)/t24-,25+/m0/s1. The number of pyridine rings is 1. The van der Waals surface area contributed by atoms with Crippen LogP contribution in [0.2, 0.25) is 10.0 Å². The Balaban J connectivity index is 1.35. The van der Waals surface area contributed by atoms with Crippen molar-refractivity contribution in [1.82, 2.24) is 34.5 Å². The van der Waals surface area contributed by atoms with Gasteiger partial charge in [0.25, 0.3) is 0 Å². The van der Waals surface area contributed by atoms with Gasteiger partial charge in [-0.15, -0.1) is 0 Å². The van der Waals surface area contributed by atoms with Gasteiger partial charge in [-0.3, -0.25) is 18.9 Å². The highest BCUT2D eigenvalue weighted by atomic mass is 35.5. The van der Waals surface area contributed by atoms with Crippen LogP contribution < -0.4 is 20.1 Å². The summed E-state index contributed by atoms with van der Waals surface area (Å²) < 4.78 is 18.7. The molecule has 0 aliphatic carbocycles. The molecule has 2 aliphatic heterocycles. The summed E-state index contributed by atoms with van der Waals surface area (Å²) in [4.78, 5) is 42.9. The van der Waals surface area contributed by atoms with Crippen molar-refractivity contribution >= 4 is 57.6 Å². The van der Waals surface area contributed by atoms with Crippen molar-refractivity contribution in [3.63, 3.8) is 0 Å². The van der Waals surface area contributed by atoms with E-state index in [0.29, 0.717) is 89.1 Å². The predicted octanol–water partition coefficient (Wildman–Crippen LogP) is 4.40. The van der Waals surface area contributed by atoms with Crippen molar-refractivity contribution in [2.75, 3.05) is 65.5 Å². The Kier molecular flexibility index (Phi) is 11.1. The summed E-state index contributed by atoms with van der Waals surface area (Å²) in [6.45, 7) is 11.9. The molecule has 2 aliphatic rings. The normalized spacial score (nSPS) is 18.2. The Morgan fingerprint density at radius 2 is 1.76 bits per heavy atom. The Morgan fingerprint density at radius 1 is 1.02 bits per heavy atom. The second-order valence-corrected chi connectivity index (χ2v) is 12.9. The quantitative estimate of drug-likeness (QED) is 0.203. The van der Waals surface area contributed by atoms with Gasteiger partial charge in [0.05, 0.1) is 48.6 Å². The summed E-state index contributed by atoms with van der Waals surface area (Å²) in [5, 5.41) is 7.71. The highest BCUT2D eigenvalue weighted by Gasteiger charge is 2.28. The number of rotatable bonds is 12. The fourth-order valence-electron chi connectivity index (χ4n) is 6.44. The summed E-state index contributed by atoms with van der Waals surface area (Å²) in [5.74, 6) is 0.921. The van der Waals surface area contributed by atoms with Crippen molar-refractivity contribution in [3.8, 4) is 22.6 Å². The number of nitrogens with zero attached hydrogens (tertiary/aromatic N) is 6. The lowest BCUT2D eigenvalue weighted by Gasteiger charge is -2.34. The molecule has 0 saturated carbocycles. The van der Waals surface area contributed by atoms with Crippen molar-refractivity contribution in [3.05, 3.63) is 65.6 Å². The van der Waals surface area contributed by atoms with Crippen LogP contribution in [0.5, 0.6) is 11.5 Å². The maximum absolute atomic E-state index is 12.1. The highest BCUT2D eigenvalue weighted by molar-refractivity contribution is 6.41. The molecule has 0 spiro atoms. The molecule has 4 aromatic rings. The van der Waals surface area contributed by atoms with Crippen molar-refractivity contribution in [2.24, 2.45) is 0 Å². The molecule has 1 aromatic carbocycles. The molecule has 3 aromatic heterocycles. The first kappa shape index (κ1) is 35.4. The monoisotopic (exact) mass is 722 g/mol. The van der Waals surface area contributed by atoms with Gasteiger partial charge in [-0.2, -0.15) is 4.98 Å². The molecular weight excluding hydrogens is 683 g/mol. The summed E-state index contributed by atoms with van der Waals surface area (Å²) in [6.07, 6.45) is 8.56. The number of imidazole rings is 1. The SMILES string of the molecule is C=CC(=O)N[C@@H]1COCC[C@@H]1Nc1ncc2cc(-c3c(Cl)c(OC)cc(OC)c3Cl)c3nc(CCCN4CCN(C(=O)C=C)CC4)cn3c2n1. The molecule has 0 unspecified atom stereocenters.